The Morgan fingerprint density at radius 2 is 1.93 bits per heavy atom. The summed E-state index contributed by atoms with van der Waals surface area (Å²) in [4.78, 5) is 23.0. The van der Waals surface area contributed by atoms with Crippen LogP contribution in [0.5, 0.6) is 0 Å². The van der Waals surface area contributed by atoms with Crippen LogP contribution in [0.1, 0.15) is 27.7 Å². The van der Waals surface area contributed by atoms with Crippen molar-refractivity contribution in [3.8, 4) is 0 Å². The van der Waals surface area contributed by atoms with E-state index in [0.29, 0.717) is 6.41 Å². The predicted octanol–water partition coefficient (Wildman–Crippen LogP) is 1.01. The summed E-state index contributed by atoms with van der Waals surface area (Å²) in [5.41, 5.74) is 0. The van der Waals surface area contributed by atoms with Crippen LogP contribution < -0.4 is 0 Å². The van der Waals surface area contributed by atoms with Gasteiger partial charge in [0.15, 0.2) is 0 Å². The van der Waals surface area contributed by atoms with Gasteiger partial charge in [-0.3, -0.25) is 4.79 Å². The van der Waals surface area contributed by atoms with Gasteiger partial charge in [-0.05, 0) is 27.7 Å². The first kappa shape index (κ1) is 13.3. The minimum atomic E-state index is -1.04. The third kappa shape index (κ3) is 3.21. The monoisotopic (exact) mass is 219 g/mol. The number of carbonyl (C=O) groups is 2. The summed E-state index contributed by atoms with van der Waals surface area (Å²) in [6.45, 7) is 6.88. The van der Waals surface area contributed by atoms with E-state index in [1.807, 2.05) is 0 Å². The zero-order chi connectivity index (χ0) is 11.5. The van der Waals surface area contributed by atoms with Crippen LogP contribution in [0.2, 0.25) is 0 Å². The van der Waals surface area contributed by atoms with E-state index in [1.165, 1.54) is 4.90 Å². The van der Waals surface area contributed by atoms with Gasteiger partial charge in [-0.25, -0.2) is 4.79 Å². The third-order valence-corrected chi connectivity index (χ3v) is 2.16. The van der Waals surface area contributed by atoms with Crippen LogP contribution in [0.3, 0.4) is 0 Å². The van der Waals surface area contributed by atoms with Gasteiger partial charge in [-0.1, -0.05) is 0 Å². The van der Waals surface area contributed by atoms with E-state index in [2.05, 4.69) is 12.6 Å². The maximum Gasteiger partial charge on any atom is 0.327 e. The topological polar surface area (TPSA) is 57.6 Å². The molecular weight excluding hydrogens is 202 g/mol. The number of hydrogen-bond acceptors (Lipinski definition) is 3. The first-order chi connectivity index (χ1) is 6.21. The number of carbonyl (C=O) groups excluding carboxylic acids is 1. The molecule has 0 aliphatic heterocycles. The minimum absolute atomic E-state index is 0.153. The molecule has 1 amide bonds. The Hall–Kier alpha value is -0.710. The van der Waals surface area contributed by atoms with Crippen LogP contribution in [0.4, 0.5) is 0 Å². The summed E-state index contributed by atoms with van der Waals surface area (Å²) in [6, 6.07) is -1.07. The standard InChI is InChI=1S/C9H17NO3S/c1-6(2)10(5-11)7(8(12)13)9(3,4)14/h5-7,14H,1-4H3,(H,12,13)/t7-/m1/s1. The van der Waals surface area contributed by atoms with Crippen LogP contribution in [-0.2, 0) is 9.59 Å². The number of rotatable bonds is 5. The van der Waals surface area contributed by atoms with Crippen LogP contribution >= 0.6 is 12.6 Å². The van der Waals surface area contributed by atoms with Gasteiger partial charge in [0.05, 0.1) is 0 Å². The molecule has 0 fully saturated rings. The number of carboxylic acids is 1. The summed E-state index contributed by atoms with van der Waals surface area (Å²) >= 11 is 4.20. The lowest BCUT2D eigenvalue weighted by atomic mass is 10.0. The van der Waals surface area contributed by atoms with E-state index in [1.54, 1.807) is 27.7 Å². The van der Waals surface area contributed by atoms with Crippen LogP contribution in [0.25, 0.3) is 0 Å². The maximum absolute atomic E-state index is 11.0. The van der Waals surface area contributed by atoms with Gasteiger partial charge in [-0.15, -0.1) is 0 Å². The lowest BCUT2D eigenvalue weighted by molar-refractivity contribution is -0.148. The number of thiol groups is 1. The van der Waals surface area contributed by atoms with Crippen molar-refractivity contribution in [2.75, 3.05) is 0 Å². The summed E-state index contributed by atoms with van der Waals surface area (Å²) in [7, 11) is 0. The Morgan fingerprint density at radius 3 is 2.00 bits per heavy atom. The molecule has 0 spiro atoms. The fourth-order valence-electron chi connectivity index (χ4n) is 1.28. The molecule has 0 unspecified atom stereocenters. The van der Waals surface area contributed by atoms with Crippen molar-refractivity contribution in [3.63, 3.8) is 0 Å². The lowest BCUT2D eigenvalue weighted by Crippen LogP contribution is -2.53. The van der Waals surface area contributed by atoms with E-state index in [9.17, 15) is 9.59 Å². The normalized spacial score (nSPS) is 13.9. The molecule has 0 rings (SSSR count). The Balaban J connectivity index is 4.99. The summed E-state index contributed by atoms with van der Waals surface area (Å²) in [6.07, 6.45) is 0.557. The SMILES string of the molecule is CC(C)N(C=O)[C@H](C(=O)O)C(C)(C)S. The van der Waals surface area contributed by atoms with E-state index < -0.39 is 16.8 Å². The highest BCUT2D eigenvalue weighted by molar-refractivity contribution is 7.81. The van der Waals surface area contributed by atoms with Gasteiger partial charge in [0, 0.05) is 10.8 Å². The van der Waals surface area contributed by atoms with Gasteiger partial charge in [0.1, 0.15) is 6.04 Å². The van der Waals surface area contributed by atoms with E-state index in [4.69, 9.17) is 5.11 Å². The van der Waals surface area contributed by atoms with Gasteiger partial charge in [0.25, 0.3) is 0 Å². The molecule has 14 heavy (non-hydrogen) atoms. The number of carboxylic acid groups (broad SMARTS) is 1. The first-order valence-corrected chi connectivity index (χ1v) is 4.84. The molecule has 82 valence electrons. The number of aliphatic carboxylic acids is 1. The Kier molecular flexibility index (Phi) is 4.45. The number of hydrogen-bond donors (Lipinski definition) is 2. The molecule has 0 saturated heterocycles. The highest BCUT2D eigenvalue weighted by atomic mass is 32.1. The maximum atomic E-state index is 11.0. The summed E-state index contributed by atoms with van der Waals surface area (Å²) in [5.74, 6) is -1.04. The number of nitrogens with zero attached hydrogens (tertiary/aromatic N) is 1. The van der Waals surface area contributed by atoms with Gasteiger partial charge >= 0.3 is 5.97 Å². The van der Waals surface area contributed by atoms with Crippen LogP contribution in [0.15, 0.2) is 0 Å². The quantitative estimate of drug-likeness (QED) is 0.536. The molecule has 0 aliphatic rings. The lowest BCUT2D eigenvalue weighted by Gasteiger charge is -2.36. The highest BCUT2D eigenvalue weighted by Crippen LogP contribution is 2.23. The smallest absolute Gasteiger partial charge is 0.327 e. The average molecular weight is 219 g/mol. The van der Waals surface area contributed by atoms with Gasteiger partial charge in [0.2, 0.25) is 6.41 Å². The van der Waals surface area contributed by atoms with Crippen LogP contribution in [0, 0.1) is 0 Å². The number of amides is 1. The molecule has 0 aromatic carbocycles. The van der Waals surface area contributed by atoms with E-state index in [-0.39, 0.29) is 6.04 Å². The van der Waals surface area contributed by atoms with E-state index >= 15 is 0 Å². The molecule has 0 aliphatic carbocycles. The summed E-state index contributed by atoms with van der Waals surface area (Å²) < 4.78 is -0.767. The fraction of sp³-hybridized carbons (Fsp3) is 0.778. The molecule has 4 nitrogen and oxygen atoms in total. The molecule has 0 aromatic rings. The summed E-state index contributed by atoms with van der Waals surface area (Å²) in [5, 5.41) is 9.01. The molecule has 0 aromatic heterocycles. The van der Waals surface area contributed by atoms with Crippen molar-refractivity contribution in [2.45, 2.75) is 44.5 Å². The molecule has 0 heterocycles. The highest BCUT2D eigenvalue weighted by Gasteiger charge is 2.37. The second-order valence-electron chi connectivity index (χ2n) is 4.04. The van der Waals surface area contributed by atoms with Gasteiger partial charge in [-0.2, -0.15) is 12.6 Å². The minimum Gasteiger partial charge on any atom is -0.480 e. The van der Waals surface area contributed by atoms with Crippen molar-refractivity contribution >= 4 is 25.0 Å². The van der Waals surface area contributed by atoms with Crippen molar-refractivity contribution in [3.05, 3.63) is 0 Å². The molecule has 0 saturated carbocycles. The second-order valence-corrected chi connectivity index (χ2v) is 5.19. The first-order valence-electron chi connectivity index (χ1n) is 4.39. The van der Waals surface area contributed by atoms with Gasteiger partial charge < -0.3 is 10.0 Å². The Bertz CT molecular complexity index is 223. The zero-order valence-corrected chi connectivity index (χ0v) is 9.78. The van der Waals surface area contributed by atoms with Crippen molar-refractivity contribution < 1.29 is 14.7 Å². The zero-order valence-electron chi connectivity index (χ0n) is 8.89. The Labute approximate surface area is 89.7 Å². The van der Waals surface area contributed by atoms with Crippen LogP contribution in [-0.4, -0.2) is 39.2 Å². The molecule has 1 N–H and O–H groups in total. The van der Waals surface area contributed by atoms with Crippen molar-refractivity contribution in [2.24, 2.45) is 0 Å². The fourth-order valence-corrected chi connectivity index (χ4v) is 1.52. The van der Waals surface area contributed by atoms with E-state index in [0.717, 1.165) is 0 Å². The van der Waals surface area contributed by atoms with Crippen molar-refractivity contribution in [1.82, 2.24) is 4.90 Å². The largest absolute Gasteiger partial charge is 0.480 e. The van der Waals surface area contributed by atoms with Crippen molar-refractivity contribution in [1.29, 1.82) is 0 Å². The Morgan fingerprint density at radius 1 is 1.50 bits per heavy atom. The third-order valence-electron chi connectivity index (χ3n) is 1.92. The average Bonchev–Trinajstić information content (AvgIpc) is 1.95. The molecule has 5 heteroatoms. The molecule has 0 radical (unpaired) electrons. The molecule has 1 atom stereocenters. The second kappa shape index (κ2) is 4.68. The molecule has 0 bridgehead atoms. The molecular formula is C9H17NO3S. The predicted molar refractivity (Wildman–Crippen MR) is 57.5 cm³/mol.